The van der Waals surface area contributed by atoms with Gasteiger partial charge in [-0.25, -0.2) is 0 Å². The first kappa shape index (κ1) is 9.71. The molecule has 1 aliphatic heterocycles. The molecule has 3 nitrogen and oxygen atoms in total. The van der Waals surface area contributed by atoms with Crippen LogP contribution in [-0.2, 0) is 11.8 Å². The van der Waals surface area contributed by atoms with Gasteiger partial charge in [0.2, 0.25) is 0 Å². The van der Waals surface area contributed by atoms with Crippen molar-refractivity contribution < 1.29 is 4.74 Å². The van der Waals surface area contributed by atoms with E-state index in [-0.39, 0.29) is 6.10 Å². The van der Waals surface area contributed by atoms with Gasteiger partial charge in [0.15, 0.2) is 0 Å². The summed E-state index contributed by atoms with van der Waals surface area (Å²) in [6.07, 6.45) is 4.57. The highest BCUT2D eigenvalue weighted by molar-refractivity contribution is 5.17. The summed E-state index contributed by atoms with van der Waals surface area (Å²) in [5, 5.41) is 4.46. The van der Waals surface area contributed by atoms with Crippen molar-refractivity contribution in [3.63, 3.8) is 0 Å². The predicted octanol–water partition coefficient (Wildman–Crippen LogP) is 2.22. The van der Waals surface area contributed by atoms with E-state index in [0.717, 1.165) is 24.6 Å². The smallest absolute Gasteiger partial charge is 0.102 e. The highest BCUT2D eigenvalue weighted by Crippen LogP contribution is 2.31. The second kappa shape index (κ2) is 3.73. The van der Waals surface area contributed by atoms with Crippen LogP contribution in [0.2, 0.25) is 0 Å². The molecule has 0 amide bonds. The van der Waals surface area contributed by atoms with Gasteiger partial charge < -0.3 is 4.74 Å². The Morgan fingerprint density at radius 1 is 1.57 bits per heavy atom. The van der Waals surface area contributed by atoms with Crippen LogP contribution in [0.3, 0.4) is 0 Å². The lowest BCUT2D eigenvalue weighted by molar-refractivity contribution is -0.00936. The predicted molar refractivity (Wildman–Crippen MR) is 55.0 cm³/mol. The number of aromatic nitrogens is 2. The summed E-state index contributed by atoms with van der Waals surface area (Å²) in [6.45, 7) is 5.26. The van der Waals surface area contributed by atoms with Crippen molar-refractivity contribution >= 4 is 0 Å². The van der Waals surface area contributed by atoms with Crippen LogP contribution in [-0.4, -0.2) is 16.4 Å². The fourth-order valence-corrected chi connectivity index (χ4v) is 2.10. The average Bonchev–Trinajstić information content (AvgIpc) is 2.45. The number of nitrogens with zero attached hydrogens (tertiary/aromatic N) is 2. The Bertz CT molecular complexity index is 319. The number of hydrogen-bond acceptors (Lipinski definition) is 2. The van der Waals surface area contributed by atoms with Crippen molar-refractivity contribution in [3.05, 3.63) is 17.5 Å². The van der Waals surface area contributed by atoms with Gasteiger partial charge in [0, 0.05) is 19.9 Å². The summed E-state index contributed by atoms with van der Waals surface area (Å²) >= 11 is 0. The third-order valence-electron chi connectivity index (χ3n) is 2.90. The molecule has 0 N–H and O–H groups in total. The Morgan fingerprint density at radius 3 is 2.93 bits per heavy atom. The zero-order valence-electron chi connectivity index (χ0n) is 9.16. The highest BCUT2D eigenvalue weighted by Gasteiger charge is 2.24. The Balaban J connectivity index is 2.17. The van der Waals surface area contributed by atoms with Gasteiger partial charge in [-0.2, -0.15) is 5.10 Å². The molecule has 2 rings (SSSR count). The van der Waals surface area contributed by atoms with Gasteiger partial charge in [0.05, 0.1) is 5.69 Å². The average molecular weight is 194 g/mol. The summed E-state index contributed by atoms with van der Waals surface area (Å²) < 4.78 is 7.62. The van der Waals surface area contributed by atoms with Gasteiger partial charge in [-0.1, -0.05) is 6.92 Å². The third-order valence-corrected chi connectivity index (χ3v) is 2.90. The number of rotatable bonds is 1. The number of hydrogen-bond donors (Lipinski definition) is 0. The molecule has 1 unspecified atom stereocenters. The lowest BCUT2D eigenvalue weighted by Gasteiger charge is -2.26. The van der Waals surface area contributed by atoms with E-state index in [1.807, 2.05) is 11.7 Å². The molecule has 3 heteroatoms. The molecule has 0 radical (unpaired) electrons. The highest BCUT2D eigenvalue weighted by atomic mass is 16.5. The van der Waals surface area contributed by atoms with E-state index in [2.05, 4.69) is 25.1 Å². The maximum Gasteiger partial charge on any atom is 0.102 e. The van der Waals surface area contributed by atoms with Crippen molar-refractivity contribution in [2.45, 2.75) is 32.8 Å². The van der Waals surface area contributed by atoms with Gasteiger partial charge in [-0.05, 0) is 31.2 Å². The van der Waals surface area contributed by atoms with E-state index in [1.165, 1.54) is 12.0 Å². The summed E-state index contributed by atoms with van der Waals surface area (Å²) in [5.41, 5.74) is 2.37. The Kier molecular flexibility index (Phi) is 2.59. The SMILES string of the molecule is Cc1cn(C)nc1C1C[C@@H](C)CCO1. The lowest BCUT2D eigenvalue weighted by Crippen LogP contribution is -2.18. The van der Waals surface area contributed by atoms with Gasteiger partial charge in [-0.15, -0.1) is 0 Å². The van der Waals surface area contributed by atoms with Crippen LogP contribution < -0.4 is 0 Å². The van der Waals surface area contributed by atoms with E-state index in [0.29, 0.717) is 0 Å². The van der Waals surface area contributed by atoms with E-state index in [1.54, 1.807) is 0 Å². The molecule has 2 atom stereocenters. The minimum Gasteiger partial charge on any atom is -0.372 e. The number of ether oxygens (including phenoxy) is 1. The zero-order valence-corrected chi connectivity index (χ0v) is 9.16. The van der Waals surface area contributed by atoms with Gasteiger partial charge in [0.1, 0.15) is 6.10 Å². The van der Waals surface area contributed by atoms with Crippen LogP contribution in [0.1, 0.15) is 37.1 Å². The summed E-state index contributed by atoms with van der Waals surface area (Å²) in [5.74, 6) is 0.759. The van der Waals surface area contributed by atoms with Crippen LogP contribution in [0, 0.1) is 12.8 Å². The Hall–Kier alpha value is -0.830. The minimum absolute atomic E-state index is 0.222. The van der Waals surface area contributed by atoms with Crippen LogP contribution in [0.15, 0.2) is 6.20 Å². The Labute approximate surface area is 85.1 Å². The molecule has 0 aliphatic carbocycles. The van der Waals surface area contributed by atoms with Gasteiger partial charge in [-0.3, -0.25) is 4.68 Å². The molecule has 14 heavy (non-hydrogen) atoms. The maximum atomic E-state index is 5.75. The van der Waals surface area contributed by atoms with Crippen molar-refractivity contribution in [3.8, 4) is 0 Å². The van der Waals surface area contributed by atoms with Gasteiger partial charge in [0.25, 0.3) is 0 Å². The first-order chi connectivity index (χ1) is 6.66. The zero-order chi connectivity index (χ0) is 10.1. The quantitative estimate of drug-likeness (QED) is 0.685. The first-order valence-corrected chi connectivity index (χ1v) is 5.28. The topological polar surface area (TPSA) is 27.1 Å². The lowest BCUT2D eigenvalue weighted by atomic mass is 9.95. The fourth-order valence-electron chi connectivity index (χ4n) is 2.10. The standard InChI is InChI=1S/C11H18N2O/c1-8-4-5-14-10(6-8)11-9(2)7-13(3)12-11/h7-8,10H,4-6H2,1-3H3/t8-,10?/m0/s1. The molecule has 78 valence electrons. The second-order valence-corrected chi connectivity index (χ2v) is 4.36. The van der Waals surface area contributed by atoms with Crippen LogP contribution in [0.4, 0.5) is 0 Å². The molecule has 0 spiro atoms. The Morgan fingerprint density at radius 2 is 2.36 bits per heavy atom. The van der Waals surface area contributed by atoms with E-state index < -0.39 is 0 Å². The second-order valence-electron chi connectivity index (χ2n) is 4.36. The van der Waals surface area contributed by atoms with Crippen molar-refractivity contribution in [1.29, 1.82) is 0 Å². The van der Waals surface area contributed by atoms with E-state index in [4.69, 9.17) is 4.74 Å². The molecule has 2 heterocycles. The molecular formula is C11H18N2O. The molecular weight excluding hydrogens is 176 g/mol. The van der Waals surface area contributed by atoms with E-state index in [9.17, 15) is 0 Å². The third kappa shape index (κ3) is 1.82. The summed E-state index contributed by atoms with van der Waals surface area (Å²) in [4.78, 5) is 0. The summed E-state index contributed by atoms with van der Waals surface area (Å²) in [7, 11) is 1.96. The fraction of sp³-hybridized carbons (Fsp3) is 0.727. The molecule has 1 aliphatic rings. The van der Waals surface area contributed by atoms with Gasteiger partial charge >= 0.3 is 0 Å². The van der Waals surface area contributed by atoms with Crippen molar-refractivity contribution in [2.75, 3.05) is 6.61 Å². The molecule has 0 saturated carbocycles. The van der Waals surface area contributed by atoms with Crippen molar-refractivity contribution in [2.24, 2.45) is 13.0 Å². The normalized spacial score (nSPS) is 27.9. The molecule has 0 aromatic carbocycles. The van der Waals surface area contributed by atoms with Crippen LogP contribution in [0.5, 0.6) is 0 Å². The summed E-state index contributed by atoms with van der Waals surface area (Å²) in [6, 6.07) is 0. The molecule has 1 aromatic heterocycles. The molecule has 1 fully saturated rings. The monoisotopic (exact) mass is 194 g/mol. The number of aryl methyl sites for hydroxylation is 2. The first-order valence-electron chi connectivity index (χ1n) is 5.28. The minimum atomic E-state index is 0.222. The van der Waals surface area contributed by atoms with Crippen LogP contribution in [0.25, 0.3) is 0 Å². The molecule has 1 aromatic rings. The van der Waals surface area contributed by atoms with Crippen LogP contribution >= 0.6 is 0 Å². The van der Waals surface area contributed by atoms with Crippen molar-refractivity contribution in [1.82, 2.24) is 9.78 Å². The van der Waals surface area contributed by atoms with E-state index >= 15 is 0 Å². The molecule has 1 saturated heterocycles. The molecule has 0 bridgehead atoms. The maximum absolute atomic E-state index is 5.75. The largest absolute Gasteiger partial charge is 0.372 e.